The van der Waals surface area contributed by atoms with Crippen molar-refractivity contribution in [3.63, 3.8) is 0 Å². The van der Waals surface area contributed by atoms with Crippen molar-refractivity contribution < 1.29 is 9.13 Å². The first kappa shape index (κ1) is 13.4. The van der Waals surface area contributed by atoms with Gasteiger partial charge < -0.3 is 10.1 Å². The minimum absolute atomic E-state index is 0.164. The Morgan fingerprint density at radius 2 is 2.25 bits per heavy atom. The van der Waals surface area contributed by atoms with Crippen LogP contribution in [0.15, 0.2) is 18.2 Å². The predicted molar refractivity (Wildman–Crippen MR) is 64.2 cm³/mol. The molecular formula is C12H17ClFNO. The third-order valence-corrected chi connectivity index (χ3v) is 2.54. The van der Waals surface area contributed by atoms with Gasteiger partial charge in [-0.3, -0.25) is 0 Å². The van der Waals surface area contributed by atoms with Crippen molar-refractivity contribution in [1.29, 1.82) is 0 Å². The number of halogens is 2. The van der Waals surface area contributed by atoms with E-state index in [1.165, 1.54) is 0 Å². The lowest BCUT2D eigenvalue weighted by atomic mass is 10.2. The highest BCUT2D eigenvalue weighted by atomic mass is 35.5. The zero-order valence-electron chi connectivity index (χ0n) is 9.59. The van der Waals surface area contributed by atoms with Gasteiger partial charge >= 0.3 is 0 Å². The van der Waals surface area contributed by atoms with Crippen molar-refractivity contribution in [3.05, 3.63) is 34.6 Å². The number of hydrogen-bond acceptors (Lipinski definition) is 2. The monoisotopic (exact) mass is 245 g/mol. The molecule has 0 aliphatic carbocycles. The van der Waals surface area contributed by atoms with Gasteiger partial charge in [0, 0.05) is 24.8 Å². The number of nitrogens with one attached hydrogen (secondary N) is 1. The van der Waals surface area contributed by atoms with Crippen LogP contribution in [0.2, 0.25) is 5.02 Å². The quantitative estimate of drug-likeness (QED) is 0.832. The lowest BCUT2D eigenvalue weighted by molar-refractivity contribution is 0.127. The van der Waals surface area contributed by atoms with Crippen LogP contribution in [0.4, 0.5) is 4.39 Å². The first-order chi connectivity index (χ1) is 7.65. The summed E-state index contributed by atoms with van der Waals surface area (Å²) in [5.74, 6) is -0.347. The second-order valence-corrected chi connectivity index (χ2v) is 4.06. The van der Waals surface area contributed by atoms with Gasteiger partial charge in [-0.05, 0) is 19.9 Å². The summed E-state index contributed by atoms with van der Waals surface area (Å²) in [4.78, 5) is 0. The summed E-state index contributed by atoms with van der Waals surface area (Å²) in [5.41, 5.74) is 0.579. The van der Waals surface area contributed by atoms with E-state index in [4.69, 9.17) is 16.3 Å². The lowest BCUT2D eigenvalue weighted by Gasteiger charge is -2.14. The van der Waals surface area contributed by atoms with E-state index < -0.39 is 0 Å². The highest BCUT2D eigenvalue weighted by Gasteiger charge is 2.07. The zero-order valence-corrected chi connectivity index (χ0v) is 10.4. The van der Waals surface area contributed by atoms with Crippen LogP contribution >= 0.6 is 11.6 Å². The Morgan fingerprint density at radius 1 is 1.50 bits per heavy atom. The number of ether oxygens (including phenoxy) is 1. The fourth-order valence-electron chi connectivity index (χ4n) is 1.32. The van der Waals surface area contributed by atoms with Crippen LogP contribution in [-0.4, -0.2) is 19.3 Å². The van der Waals surface area contributed by atoms with E-state index in [0.717, 1.165) is 0 Å². The minimum atomic E-state index is -0.347. The van der Waals surface area contributed by atoms with Gasteiger partial charge in [0.15, 0.2) is 0 Å². The highest BCUT2D eigenvalue weighted by Crippen LogP contribution is 2.17. The molecule has 1 aromatic rings. The molecule has 0 aliphatic rings. The van der Waals surface area contributed by atoms with E-state index in [0.29, 0.717) is 25.3 Å². The maximum atomic E-state index is 13.5. The summed E-state index contributed by atoms with van der Waals surface area (Å²) in [6.07, 6.45) is 0. The zero-order chi connectivity index (χ0) is 12.0. The molecule has 0 heterocycles. The van der Waals surface area contributed by atoms with Crippen LogP contribution in [0.3, 0.4) is 0 Å². The summed E-state index contributed by atoms with van der Waals surface area (Å²) in [7, 11) is 0. The average molecular weight is 246 g/mol. The van der Waals surface area contributed by atoms with Crippen molar-refractivity contribution in [2.45, 2.75) is 26.4 Å². The van der Waals surface area contributed by atoms with Crippen LogP contribution in [0.1, 0.15) is 19.4 Å². The van der Waals surface area contributed by atoms with Crippen molar-refractivity contribution >= 4 is 11.6 Å². The number of rotatable bonds is 6. The van der Waals surface area contributed by atoms with E-state index in [2.05, 4.69) is 5.32 Å². The van der Waals surface area contributed by atoms with Crippen LogP contribution in [0, 0.1) is 5.82 Å². The summed E-state index contributed by atoms with van der Waals surface area (Å²) in [5, 5.41) is 3.34. The molecule has 0 radical (unpaired) electrons. The summed E-state index contributed by atoms with van der Waals surface area (Å²) in [6.45, 7) is 5.72. The maximum Gasteiger partial charge on any atom is 0.146 e. The van der Waals surface area contributed by atoms with E-state index in [1.54, 1.807) is 18.2 Å². The van der Waals surface area contributed by atoms with Crippen molar-refractivity contribution in [2.24, 2.45) is 0 Å². The normalized spacial score (nSPS) is 12.8. The predicted octanol–water partition coefficient (Wildman–Crippen LogP) is 2.99. The van der Waals surface area contributed by atoms with Crippen LogP contribution < -0.4 is 5.32 Å². The summed E-state index contributed by atoms with van der Waals surface area (Å²) < 4.78 is 18.8. The van der Waals surface area contributed by atoms with E-state index in [-0.39, 0.29) is 16.9 Å². The molecule has 1 unspecified atom stereocenters. The SMILES string of the molecule is CCOCC(C)NCc1cccc(Cl)c1F. The molecular weight excluding hydrogens is 229 g/mol. The molecule has 0 saturated carbocycles. The Labute approximate surface area is 101 Å². The van der Waals surface area contributed by atoms with Crippen LogP contribution in [0.5, 0.6) is 0 Å². The molecule has 1 N–H and O–H groups in total. The van der Waals surface area contributed by atoms with E-state index >= 15 is 0 Å². The third-order valence-electron chi connectivity index (χ3n) is 2.24. The van der Waals surface area contributed by atoms with Gasteiger partial charge in [0.25, 0.3) is 0 Å². The van der Waals surface area contributed by atoms with Crippen LogP contribution in [-0.2, 0) is 11.3 Å². The molecule has 0 fully saturated rings. The average Bonchev–Trinajstić information content (AvgIpc) is 2.28. The molecule has 0 spiro atoms. The Kier molecular flexibility index (Phi) is 5.74. The highest BCUT2D eigenvalue weighted by molar-refractivity contribution is 6.30. The molecule has 16 heavy (non-hydrogen) atoms. The fraction of sp³-hybridized carbons (Fsp3) is 0.500. The molecule has 2 nitrogen and oxygen atoms in total. The van der Waals surface area contributed by atoms with Crippen LogP contribution in [0.25, 0.3) is 0 Å². The topological polar surface area (TPSA) is 21.3 Å². The molecule has 4 heteroatoms. The summed E-state index contributed by atoms with van der Waals surface area (Å²) >= 11 is 5.69. The smallest absolute Gasteiger partial charge is 0.146 e. The Morgan fingerprint density at radius 3 is 2.94 bits per heavy atom. The third kappa shape index (κ3) is 4.08. The molecule has 90 valence electrons. The Hall–Kier alpha value is -0.640. The van der Waals surface area contributed by atoms with E-state index in [1.807, 2.05) is 13.8 Å². The van der Waals surface area contributed by atoms with Gasteiger partial charge in [-0.1, -0.05) is 23.7 Å². The van der Waals surface area contributed by atoms with Gasteiger partial charge in [0.05, 0.1) is 11.6 Å². The molecule has 0 amide bonds. The standard InChI is InChI=1S/C12H17ClFNO/c1-3-16-8-9(2)15-7-10-5-4-6-11(13)12(10)14/h4-6,9,15H,3,7-8H2,1-2H3. The largest absolute Gasteiger partial charge is 0.380 e. The molecule has 1 aromatic carbocycles. The summed E-state index contributed by atoms with van der Waals surface area (Å²) in [6, 6.07) is 5.21. The van der Waals surface area contributed by atoms with Crippen molar-refractivity contribution in [1.82, 2.24) is 5.32 Å². The Balaban J connectivity index is 2.45. The molecule has 1 atom stereocenters. The van der Waals surface area contributed by atoms with Crippen molar-refractivity contribution in [2.75, 3.05) is 13.2 Å². The maximum absolute atomic E-state index is 13.5. The number of hydrogen-bond donors (Lipinski definition) is 1. The first-order valence-electron chi connectivity index (χ1n) is 5.39. The molecule has 0 aliphatic heterocycles. The van der Waals surface area contributed by atoms with Gasteiger partial charge in [-0.25, -0.2) is 4.39 Å². The van der Waals surface area contributed by atoms with Gasteiger partial charge in [-0.2, -0.15) is 0 Å². The molecule has 0 aromatic heterocycles. The fourth-order valence-corrected chi connectivity index (χ4v) is 1.52. The van der Waals surface area contributed by atoms with Gasteiger partial charge in [0.2, 0.25) is 0 Å². The van der Waals surface area contributed by atoms with Gasteiger partial charge in [-0.15, -0.1) is 0 Å². The second kappa shape index (κ2) is 6.84. The Bertz CT molecular complexity index is 333. The molecule has 0 bridgehead atoms. The lowest BCUT2D eigenvalue weighted by Crippen LogP contribution is -2.30. The number of benzene rings is 1. The minimum Gasteiger partial charge on any atom is -0.380 e. The van der Waals surface area contributed by atoms with Gasteiger partial charge in [0.1, 0.15) is 5.82 Å². The van der Waals surface area contributed by atoms with E-state index in [9.17, 15) is 4.39 Å². The molecule has 0 saturated heterocycles. The van der Waals surface area contributed by atoms with Crippen molar-refractivity contribution in [3.8, 4) is 0 Å². The molecule has 1 rings (SSSR count). The first-order valence-corrected chi connectivity index (χ1v) is 5.77. The second-order valence-electron chi connectivity index (χ2n) is 3.65.